The Kier molecular flexibility index (Phi) is 9.62. The lowest BCUT2D eigenvalue weighted by molar-refractivity contribution is -0.0381. The molecule has 4 atom stereocenters. The van der Waals surface area contributed by atoms with E-state index in [1.807, 2.05) is 0 Å². The van der Waals surface area contributed by atoms with Crippen LogP contribution in [0, 0.1) is 17.8 Å². The molecule has 4 nitrogen and oxygen atoms in total. The highest BCUT2D eigenvalue weighted by molar-refractivity contribution is 4.73. The fourth-order valence-corrected chi connectivity index (χ4v) is 2.87. The molecule has 0 spiro atoms. The number of ether oxygens (including phenoxy) is 4. The Morgan fingerprint density at radius 1 is 0.875 bits per heavy atom. The quantitative estimate of drug-likeness (QED) is 0.313. The van der Waals surface area contributed by atoms with Gasteiger partial charge in [-0.2, -0.15) is 0 Å². The van der Waals surface area contributed by atoms with Gasteiger partial charge >= 0.3 is 0 Å². The van der Waals surface area contributed by atoms with Crippen LogP contribution in [-0.2, 0) is 18.9 Å². The second-order valence-corrected chi connectivity index (χ2v) is 8.06. The summed E-state index contributed by atoms with van der Waals surface area (Å²) in [5.74, 6) is 2.30. The molecule has 0 N–H and O–H groups in total. The van der Waals surface area contributed by atoms with Gasteiger partial charge in [0.15, 0.2) is 0 Å². The van der Waals surface area contributed by atoms with E-state index < -0.39 is 0 Å². The van der Waals surface area contributed by atoms with Crippen molar-refractivity contribution in [1.82, 2.24) is 0 Å². The van der Waals surface area contributed by atoms with Gasteiger partial charge in [0.1, 0.15) is 0 Å². The van der Waals surface area contributed by atoms with E-state index in [4.69, 9.17) is 18.9 Å². The zero-order chi connectivity index (χ0) is 17.2. The molecule has 142 valence electrons. The number of epoxide rings is 1. The van der Waals surface area contributed by atoms with E-state index in [0.29, 0.717) is 37.8 Å². The zero-order valence-corrected chi connectivity index (χ0v) is 16.0. The molecular formula is C20H38O4. The van der Waals surface area contributed by atoms with Crippen LogP contribution in [0.3, 0.4) is 0 Å². The van der Waals surface area contributed by atoms with E-state index in [-0.39, 0.29) is 6.10 Å². The number of hydrogen-bond acceptors (Lipinski definition) is 4. The van der Waals surface area contributed by atoms with Crippen molar-refractivity contribution in [1.29, 1.82) is 0 Å². The number of rotatable bonds is 16. The summed E-state index contributed by atoms with van der Waals surface area (Å²) in [4.78, 5) is 0. The van der Waals surface area contributed by atoms with Gasteiger partial charge in [-0.15, -0.1) is 0 Å². The van der Waals surface area contributed by atoms with Gasteiger partial charge in [-0.05, 0) is 43.9 Å². The molecule has 0 aromatic rings. The van der Waals surface area contributed by atoms with Crippen LogP contribution >= 0.6 is 0 Å². The Morgan fingerprint density at radius 3 is 2.21 bits per heavy atom. The molecule has 0 bridgehead atoms. The Labute approximate surface area is 148 Å². The first-order valence-corrected chi connectivity index (χ1v) is 10.0. The van der Waals surface area contributed by atoms with Crippen molar-refractivity contribution in [2.75, 3.05) is 39.6 Å². The molecular weight excluding hydrogens is 304 g/mol. The maximum absolute atomic E-state index is 5.76. The number of hydrogen-bond donors (Lipinski definition) is 0. The first-order valence-electron chi connectivity index (χ1n) is 10.0. The fraction of sp³-hybridized carbons (Fsp3) is 1.00. The van der Waals surface area contributed by atoms with Gasteiger partial charge in [-0.3, -0.25) is 0 Å². The Balaban J connectivity index is 1.32. The molecule has 24 heavy (non-hydrogen) atoms. The summed E-state index contributed by atoms with van der Waals surface area (Å²) in [6.07, 6.45) is 8.64. The smallest absolute Gasteiger partial charge is 0.0810 e. The standard InChI is InChI=1S/C20H38O4/c1-16(4-6-19-7-8-19)12-21-10-11-23-18(3)14-22-13-17(2)5-9-20-15-24-20/h16-20H,4-15H2,1-3H3. The summed E-state index contributed by atoms with van der Waals surface area (Å²) in [5, 5.41) is 0. The van der Waals surface area contributed by atoms with Crippen LogP contribution in [0.25, 0.3) is 0 Å². The highest BCUT2D eigenvalue weighted by atomic mass is 16.6. The lowest BCUT2D eigenvalue weighted by atomic mass is 10.0. The van der Waals surface area contributed by atoms with E-state index in [1.165, 1.54) is 38.5 Å². The third-order valence-electron chi connectivity index (χ3n) is 4.94. The summed E-state index contributed by atoms with van der Waals surface area (Å²) in [6, 6.07) is 0. The van der Waals surface area contributed by atoms with E-state index in [1.54, 1.807) is 0 Å². The highest BCUT2D eigenvalue weighted by Gasteiger charge is 2.22. The molecule has 4 unspecified atom stereocenters. The summed E-state index contributed by atoms with van der Waals surface area (Å²) >= 11 is 0. The van der Waals surface area contributed by atoms with Crippen LogP contribution in [0.2, 0.25) is 0 Å². The van der Waals surface area contributed by atoms with Gasteiger partial charge in [0.25, 0.3) is 0 Å². The molecule has 0 radical (unpaired) electrons. The summed E-state index contributed by atoms with van der Waals surface area (Å²) in [5.41, 5.74) is 0. The lowest BCUT2D eigenvalue weighted by Crippen LogP contribution is -2.21. The van der Waals surface area contributed by atoms with Crippen LogP contribution in [0.15, 0.2) is 0 Å². The maximum Gasteiger partial charge on any atom is 0.0810 e. The molecule has 1 saturated heterocycles. The molecule has 2 aliphatic rings. The van der Waals surface area contributed by atoms with E-state index >= 15 is 0 Å². The van der Waals surface area contributed by atoms with Gasteiger partial charge < -0.3 is 18.9 Å². The third-order valence-corrected chi connectivity index (χ3v) is 4.94. The first-order chi connectivity index (χ1) is 11.6. The molecule has 4 heteroatoms. The average Bonchev–Trinajstić information content (AvgIpc) is 3.45. The highest BCUT2D eigenvalue weighted by Crippen LogP contribution is 2.34. The fourth-order valence-electron chi connectivity index (χ4n) is 2.87. The molecule has 1 aliphatic carbocycles. The van der Waals surface area contributed by atoms with Crippen LogP contribution in [0.5, 0.6) is 0 Å². The monoisotopic (exact) mass is 342 g/mol. The maximum atomic E-state index is 5.76. The van der Waals surface area contributed by atoms with Gasteiger partial charge in [0, 0.05) is 13.2 Å². The van der Waals surface area contributed by atoms with Crippen molar-refractivity contribution in [3.8, 4) is 0 Å². The van der Waals surface area contributed by atoms with E-state index in [0.717, 1.165) is 25.7 Å². The second-order valence-electron chi connectivity index (χ2n) is 8.06. The molecule has 1 aliphatic heterocycles. The minimum Gasteiger partial charge on any atom is -0.379 e. The van der Waals surface area contributed by atoms with Gasteiger partial charge in [0.05, 0.1) is 38.6 Å². The molecule has 1 heterocycles. The molecule has 0 amide bonds. The van der Waals surface area contributed by atoms with E-state index in [2.05, 4.69) is 20.8 Å². The molecule has 0 aromatic carbocycles. The van der Waals surface area contributed by atoms with Crippen LogP contribution < -0.4 is 0 Å². The average molecular weight is 343 g/mol. The second kappa shape index (κ2) is 11.5. The van der Waals surface area contributed by atoms with Crippen molar-refractivity contribution < 1.29 is 18.9 Å². The summed E-state index contributed by atoms with van der Waals surface area (Å²) in [6.45, 7) is 11.3. The largest absolute Gasteiger partial charge is 0.379 e. The minimum atomic E-state index is 0.139. The zero-order valence-electron chi connectivity index (χ0n) is 16.0. The minimum absolute atomic E-state index is 0.139. The van der Waals surface area contributed by atoms with Gasteiger partial charge in [0.2, 0.25) is 0 Å². The SMILES string of the molecule is CC(CCC1CC1)COCCOC(C)COCC(C)CCC1CO1. The van der Waals surface area contributed by atoms with Crippen molar-refractivity contribution in [3.05, 3.63) is 0 Å². The van der Waals surface area contributed by atoms with Gasteiger partial charge in [-0.1, -0.05) is 33.1 Å². The van der Waals surface area contributed by atoms with Crippen LogP contribution in [0.4, 0.5) is 0 Å². The summed E-state index contributed by atoms with van der Waals surface area (Å²) < 4.78 is 22.5. The Hall–Kier alpha value is -0.160. The predicted octanol–water partition coefficient (Wildman–Crippen LogP) is 4.07. The molecule has 0 aromatic heterocycles. The van der Waals surface area contributed by atoms with Crippen molar-refractivity contribution in [2.45, 2.75) is 71.5 Å². The topological polar surface area (TPSA) is 40.2 Å². The Bertz CT molecular complexity index is 315. The normalized spacial score (nSPS) is 23.9. The van der Waals surface area contributed by atoms with Crippen molar-refractivity contribution in [3.63, 3.8) is 0 Å². The molecule has 2 fully saturated rings. The van der Waals surface area contributed by atoms with Crippen LogP contribution in [0.1, 0.15) is 59.3 Å². The predicted molar refractivity (Wildman–Crippen MR) is 96.3 cm³/mol. The molecule has 1 saturated carbocycles. The van der Waals surface area contributed by atoms with Gasteiger partial charge in [-0.25, -0.2) is 0 Å². The first kappa shape index (κ1) is 20.2. The summed E-state index contributed by atoms with van der Waals surface area (Å²) in [7, 11) is 0. The third kappa shape index (κ3) is 10.7. The lowest BCUT2D eigenvalue weighted by Gasteiger charge is -2.16. The van der Waals surface area contributed by atoms with Crippen molar-refractivity contribution >= 4 is 0 Å². The molecule has 2 rings (SSSR count). The van der Waals surface area contributed by atoms with E-state index in [9.17, 15) is 0 Å². The Morgan fingerprint density at radius 2 is 1.54 bits per heavy atom. The van der Waals surface area contributed by atoms with Crippen molar-refractivity contribution in [2.24, 2.45) is 17.8 Å². The van der Waals surface area contributed by atoms with Crippen LogP contribution in [-0.4, -0.2) is 51.8 Å².